The summed E-state index contributed by atoms with van der Waals surface area (Å²) < 4.78 is 0. The molecule has 138 valence electrons. The Labute approximate surface area is 155 Å². The third kappa shape index (κ3) is 3.69. The number of aromatic nitrogens is 1. The Kier molecular flexibility index (Phi) is 5.25. The Balaban J connectivity index is 1.51. The number of nitrogens with zero attached hydrogens (tertiary/aromatic N) is 2. The molecule has 0 radical (unpaired) electrons. The molecule has 8 heteroatoms. The lowest BCUT2D eigenvalue weighted by Crippen LogP contribution is -2.49. The number of nitrogens with one attached hydrogen (secondary N) is 2. The maximum Gasteiger partial charge on any atom is 0.269 e. The zero-order chi connectivity index (χ0) is 19.4. The van der Waals surface area contributed by atoms with Gasteiger partial charge < -0.3 is 10.6 Å². The van der Waals surface area contributed by atoms with Crippen molar-refractivity contribution in [1.82, 2.24) is 20.5 Å². The zero-order valence-corrected chi connectivity index (χ0v) is 14.6. The van der Waals surface area contributed by atoms with Crippen molar-refractivity contribution < 1.29 is 19.2 Å². The van der Waals surface area contributed by atoms with E-state index in [4.69, 9.17) is 0 Å². The first-order valence-electron chi connectivity index (χ1n) is 8.44. The fourth-order valence-electron chi connectivity index (χ4n) is 2.77. The second-order valence-electron chi connectivity index (χ2n) is 5.96. The fraction of sp³-hybridized carbons (Fsp3) is 0.211. The van der Waals surface area contributed by atoms with E-state index in [0.717, 1.165) is 4.90 Å². The van der Waals surface area contributed by atoms with Gasteiger partial charge in [0.05, 0.1) is 11.1 Å². The molecule has 2 N–H and O–H groups in total. The van der Waals surface area contributed by atoms with Crippen molar-refractivity contribution in [1.29, 1.82) is 0 Å². The molecule has 2 heterocycles. The molecular weight excluding hydrogens is 348 g/mol. The molecule has 1 aromatic carbocycles. The number of pyridine rings is 1. The summed E-state index contributed by atoms with van der Waals surface area (Å²) in [5, 5.41) is 5.24. The Morgan fingerprint density at radius 1 is 0.963 bits per heavy atom. The summed E-state index contributed by atoms with van der Waals surface area (Å²) in [4.78, 5) is 53.8. The average Bonchev–Trinajstić information content (AvgIpc) is 2.95. The summed E-state index contributed by atoms with van der Waals surface area (Å²) in [5.74, 6) is -1.79. The number of amides is 4. The molecule has 0 bridgehead atoms. The number of rotatable bonds is 6. The van der Waals surface area contributed by atoms with Crippen molar-refractivity contribution in [3.8, 4) is 0 Å². The van der Waals surface area contributed by atoms with Crippen LogP contribution in [0.25, 0.3) is 0 Å². The van der Waals surface area contributed by atoms with E-state index < -0.39 is 23.8 Å². The highest BCUT2D eigenvalue weighted by Crippen LogP contribution is 2.24. The molecule has 1 unspecified atom stereocenters. The molecule has 0 spiro atoms. The van der Waals surface area contributed by atoms with E-state index in [-0.39, 0.29) is 24.7 Å². The van der Waals surface area contributed by atoms with Crippen LogP contribution in [0.2, 0.25) is 0 Å². The number of carbonyl (C=O) groups excluding carboxylic acids is 4. The van der Waals surface area contributed by atoms with Crippen molar-refractivity contribution in [3.05, 3.63) is 65.5 Å². The van der Waals surface area contributed by atoms with Crippen LogP contribution >= 0.6 is 0 Å². The molecule has 27 heavy (non-hydrogen) atoms. The van der Waals surface area contributed by atoms with Gasteiger partial charge in [0.2, 0.25) is 5.91 Å². The van der Waals surface area contributed by atoms with Crippen molar-refractivity contribution in [3.63, 3.8) is 0 Å². The summed E-state index contributed by atoms with van der Waals surface area (Å²) >= 11 is 0. The predicted molar refractivity (Wildman–Crippen MR) is 96.0 cm³/mol. The van der Waals surface area contributed by atoms with Crippen LogP contribution in [0.3, 0.4) is 0 Å². The maximum atomic E-state index is 12.4. The standard InChI is InChI=1S/C19H18N4O4/c1-12(23-18(26)13-6-2-3-7-14(13)19(23)27)16(24)21-10-11-22-17(25)15-8-4-5-9-20-15/h2-9,12H,10-11H2,1H3,(H,21,24)(H,22,25). The van der Waals surface area contributed by atoms with Gasteiger partial charge >= 0.3 is 0 Å². The molecule has 2 aromatic rings. The lowest BCUT2D eigenvalue weighted by Gasteiger charge is -2.21. The van der Waals surface area contributed by atoms with Crippen LogP contribution in [-0.4, -0.2) is 52.6 Å². The highest BCUT2D eigenvalue weighted by molar-refractivity contribution is 6.22. The molecule has 1 aliphatic heterocycles. The fourth-order valence-corrected chi connectivity index (χ4v) is 2.77. The van der Waals surface area contributed by atoms with E-state index in [1.54, 1.807) is 42.5 Å². The highest BCUT2D eigenvalue weighted by atomic mass is 16.2. The third-order valence-electron chi connectivity index (χ3n) is 4.20. The van der Waals surface area contributed by atoms with Gasteiger partial charge in [0, 0.05) is 19.3 Å². The summed E-state index contributed by atoms with van der Waals surface area (Å²) in [6.45, 7) is 1.84. The minimum absolute atomic E-state index is 0.158. The van der Waals surface area contributed by atoms with E-state index >= 15 is 0 Å². The van der Waals surface area contributed by atoms with Crippen LogP contribution in [0.15, 0.2) is 48.7 Å². The molecule has 0 saturated heterocycles. The first kappa shape index (κ1) is 18.2. The quantitative estimate of drug-likeness (QED) is 0.575. The lowest BCUT2D eigenvalue weighted by molar-refractivity contribution is -0.124. The van der Waals surface area contributed by atoms with Crippen molar-refractivity contribution in [2.75, 3.05) is 13.1 Å². The summed E-state index contributed by atoms with van der Waals surface area (Å²) in [6, 6.07) is 10.5. The number of hydrogen-bond donors (Lipinski definition) is 2. The molecule has 1 aliphatic rings. The third-order valence-corrected chi connectivity index (χ3v) is 4.20. The van der Waals surface area contributed by atoms with Gasteiger partial charge in [0.1, 0.15) is 11.7 Å². The van der Waals surface area contributed by atoms with Crippen molar-refractivity contribution >= 4 is 23.6 Å². The molecule has 1 atom stereocenters. The smallest absolute Gasteiger partial charge is 0.269 e. The number of benzene rings is 1. The van der Waals surface area contributed by atoms with E-state index in [9.17, 15) is 19.2 Å². The monoisotopic (exact) mass is 366 g/mol. The van der Waals surface area contributed by atoms with Crippen LogP contribution in [0.1, 0.15) is 38.1 Å². The lowest BCUT2D eigenvalue weighted by atomic mass is 10.1. The Morgan fingerprint density at radius 2 is 1.56 bits per heavy atom. The molecule has 8 nitrogen and oxygen atoms in total. The number of hydrogen-bond acceptors (Lipinski definition) is 5. The van der Waals surface area contributed by atoms with Gasteiger partial charge in [0.15, 0.2) is 0 Å². The topological polar surface area (TPSA) is 108 Å². The molecular formula is C19H18N4O4. The molecule has 0 aliphatic carbocycles. The summed E-state index contributed by atoms with van der Waals surface area (Å²) in [6.07, 6.45) is 1.51. The molecule has 3 rings (SSSR count). The average molecular weight is 366 g/mol. The number of imide groups is 1. The largest absolute Gasteiger partial charge is 0.353 e. The summed E-state index contributed by atoms with van der Waals surface area (Å²) in [5.41, 5.74) is 0.873. The van der Waals surface area contributed by atoms with Crippen LogP contribution in [0.5, 0.6) is 0 Å². The van der Waals surface area contributed by atoms with Gasteiger partial charge in [-0.2, -0.15) is 0 Å². The second-order valence-corrected chi connectivity index (χ2v) is 5.96. The summed E-state index contributed by atoms with van der Waals surface area (Å²) in [7, 11) is 0. The Hall–Kier alpha value is -3.55. The Bertz CT molecular complexity index is 863. The number of carbonyl (C=O) groups is 4. The minimum Gasteiger partial charge on any atom is -0.353 e. The predicted octanol–water partition coefficient (Wildman–Crippen LogP) is 0.612. The van der Waals surface area contributed by atoms with Crippen molar-refractivity contribution in [2.45, 2.75) is 13.0 Å². The van der Waals surface area contributed by atoms with E-state index in [0.29, 0.717) is 11.1 Å². The van der Waals surface area contributed by atoms with Crippen LogP contribution in [0.4, 0.5) is 0 Å². The normalized spacial score (nSPS) is 13.9. The van der Waals surface area contributed by atoms with Crippen LogP contribution < -0.4 is 10.6 Å². The molecule has 0 saturated carbocycles. The first-order chi connectivity index (χ1) is 13.0. The molecule has 1 aromatic heterocycles. The number of fused-ring (bicyclic) bond motifs is 1. The van der Waals surface area contributed by atoms with Crippen LogP contribution in [0, 0.1) is 0 Å². The van der Waals surface area contributed by atoms with Gasteiger partial charge in [-0.15, -0.1) is 0 Å². The van der Waals surface area contributed by atoms with Gasteiger partial charge in [-0.3, -0.25) is 29.1 Å². The maximum absolute atomic E-state index is 12.4. The second kappa shape index (κ2) is 7.77. The van der Waals surface area contributed by atoms with Crippen LogP contribution in [-0.2, 0) is 4.79 Å². The van der Waals surface area contributed by atoms with Gasteiger partial charge in [-0.25, -0.2) is 0 Å². The SMILES string of the molecule is CC(C(=O)NCCNC(=O)c1ccccn1)N1C(=O)c2ccccc2C1=O. The Morgan fingerprint density at radius 3 is 2.15 bits per heavy atom. The van der Waals surface area contributed by atoms with E-state index in [2.05, 4.69) is 15.6 Å². The van der Waals surface area contributed by atoms with Gasteiger partial charge in [0.25, 0.3) is 17.7 Å². The first-order valence-corrected chi connectivity index (χ1v) is 8.44. The zero-order valence-electron chi connectivity index (χ0n) is 14.6. The van der Waals surface area contributed by atoms with Gasteiger partial charge in [-0.05, 0) is 31.2 Å². The van der Waals surface area contributed by atoms with Gasteiger partial charge in [-0.1, -0.05) is 18.2 Å². The van der Waals surface area contributed by atoms with Crippen molar-refractivity contribution in [2.24, 2.45) is 0 Å². The molecule has 0 fully saturated rings. The minimum atomic E-state index is -0.955. The van der Waals surface area contributed by atoms with E-state index in [1.165, 1.54) is 13.1 Å². The van der Waals surface area contributed by atoms with E-state index in [1.807, 2.05) is 0 Å². The molecule has 4 amide bonds. The highest BCUT2D eigenvalue weighted by Gasteiger charge is 2.40.